The highest BCUT2D eigenvalue weighted by Gasteiger charge is 2.24. The first-order valence-corrected chi connectivity index (χ1v) is 10.9. The van der Waals surface area contributed by atoms with Crippen LogP contribution in [0.4, 0.5) is 16.3 Å². The summed E-state index contributed by atoms with van der Waals surface area (Å²) in [6.07, 6.45) is 1.69. The van der Waals surface area contributed by atoms with Crippen molar-refractivity contribution in [2.75, 3.05) is 11.9 Å². The van der Waals surface area contributed by atoms with Crippen LogP contribution < -0.4 is 21.3 Å². The average molecular weight is 502 g/mol. The van der Waals surface area contributed by atoms with Crippen molar-refractivity contribution in [1.82, 2.24) is 20.9 Å². The van der Waals surface area contributed by atoms with Crippen LogP contribution >= 0.6 is 23.2 Å². The van der Waals surface area contributed by atoms with Gasteiger partial charge < -0.3 is 26.4 Å². The molecule has 0 aliphatic rings. The zero-order valence-electron chi connectivity index (χ0n) is 17.7. The lowest BCUT2D eigenvalue weighted by atomic mass is 10.2. The normalized spacial score (nSPS) is 11.2. The number of halogens is 2. The lowest BCUT2D eigenvalue weighted by Gasteiger charge is -2.17. The van der Waals surface area contributed by atoms with Crippen molar-refractivity contribution in [3.05, 3.63) is 88.0 Å². The molecule has 1 aromatic heterocycles. The SMILES string of the molecule is O=C(NCc1ccc(Nc2ccccn2)cc1)NC[C@H](NC(=O)c1c(Cl)cccc1Cl)C(=O)O. The molecule has 3 amide bonds. The Morgan fingerprint density at radius 3 is 2.24 bits per heavy atom. The van der Waals surface area contributed by atoms with Crippen LogP contribution in [0.15, 0.2) is 66.9 Å². The van der Waals surface area contributed by atoms with Crippen LogP contribution in [-0.4, -0.2) is 40.6 Å². The molecule has 0 spiro atoms. The minimum atomic E-state index is -1.39. The number of rotatable bonds is 9. The Morgan fingerprint density at radius 2 is 1.62 bits per heavy atom. The van der Waals surface area contributed by atoms with Crippen LogP contribution in [0, 0.1) is 0 Å². The maximum atomic E-state index is 12.4. The molecule has 5 N–H and O–H groups in total. The Labute approximate surface area is 205 Å². The number of pyridine rings is 1. The molecule has 34 heavy (non-hydrogen) atoms. The van der Waals surface area contributed by atoms with E-state index in [1.165, 1.54) is 12.1 Å². The van der Waals surface area contributed by atoms with Crippen LogP contribution in [0.5, 0.6) is 0 Å². The number of carbonyl (C=O) groups excluding carboxylic acids is 2. The quantitative estimate of drug-likeness (QED) is 0.302. The van der Waals surface area contributed by atoms with Crippen LogP contribution in [0.25, 0.3) is 0 Å². The summed E-state index contributed by atoms with van der Waals surface area (Å²) in [4.78, 5) is 40.3. The third kappa shape index (κ3) is 7.09. The van der Waals surface area contributed by atoms with E-state index in [-0.39, 0.29) is 28.7 Å². The van der Waals surface area contributed by atoms with E-state index in [2.05, 4.69) is 26.3 Å². The number of carbonyl (C=O) groups is 3. The molecular weight excluding hydrogens is 481 g/mol. The number of hydrogen-bond donors (Lipinski definition) is 5. The van der Waals surface area contributed by atoms with Crippen LogP contribution in [0.2, 0.25) is 10.0 Å². The van der Waals surface area contributed by atoms with E-state index in [0.29, 0.717) is 5.82 Å². The fraction of sp³-hybridized carbons (Fsp3) is 0.130. The third-order valence-corrected chi connectivity index (χ3v) is 5.23. The second-order valence-corrected chi connectivity index (χ2v) is 7.88. The van der Waals surface area contributed by atoms with E-state index in [1.54, 1.807) is 12.3 Å². The van der Waals surface area contributed by atoms with Crippen molar-refractivity contribution in [1.29, 1.82) is 0 Å². The minimum Gasteiger partial charge on any atom is -0.480 e. The van der Waals surface area contributed by atoms with Gasteiger partial charge in [0, 0.05) is 18.4 Å². The molecule has 1 atom stereocenters. The highest BCUT2D eigenvalue weighted by atomic mass is 35.5. The third-order valence-electron chi connectivity index (χ3n) is 4.60. The molecule has 0 aliphatic heterocycles. The second kappa shape index (κ2) is 11.9. The lowest BCUT2D eigenvalue weighted by molar-refractivity contribution is -0.139. The van der Waals surface area contributed by atoms with Crippen molar-refractivity contribution < 1.29 is 19.5 Å². The Bertz CT molecular complexity index is 1140. The standard InChI is InChI=1S/C23H21Cl2N5O4/c24-16-4-3-5-17(25)20(16)21(31)30-18(22(32)33)13-28-23(34)27-12-14-7-9-15(10-8-14)29-19-6-1-2-11-26-19/h1-11,18H,12-13H2,(H,26,29)(H,30,31)(H,32,33)(H2,27,28,34)/t18-/m0/s1. The maximum Gasteiger partial charge on any atom is 0.328 e. The van der Waals surface area contributed by atoms with Crippen LogP contribution in [0.1, 0.15) is 15.9 Å². The number of urea groups is 1. The van der Waals surface area contributed by atoms with Crippen molar-refractivity contribution in [2.24, 2.45) is 0 Å². The van der Waals surface area contributed by atoms with Crippen molar-refractivity contribution in [3.8, 4) is 0 Å². The molecule has 0 saturated carbocycles. The largest absolute Gasteiger partial charge is 0.480 e. The van der Waals surface area contributed by atoms with Gasteiger partial charge >= 0.3 is 12.0 Å². The smallest absolute Gasteiger partial charge is 0.328 e. The first-order valence-electron chi connectivity index (χ1n) is 10.1. The van der Waals surface area contributed by atoms with Gasteiger partial charge in [0.1, 0.15) is 11.9 Å². The maximum absolute atomic E-state index is 12.4. The number of nitrogens with one attached hydrogen (secondary N) is 4. The molecule has 9 nitrogen and oxygen atoms in total. The van der Waals surface area contributed by atoms with E-state index in [0.717, 1.165) is 11.3 Å². The molecule has 0 fully saturated rings. The van der Waals surface area contributed by atoms with Gasteiger partial charge in [-0.2, -0.15) is 0 Å². The molecule has 1 heterocycles. The minimum absolute atomic E-state index is 0.0393. The Kier molecular flexibility index (Phi) is 8.66. The number of aliphatic carboxylic acids is 1. The molecule has 0 bridgehead atoms. The van der Waals surface area contributed by atoms with E-state index < -0.39 is 23.9 Å². The van der Waals surface area contributed by atoms with Gasteiger partial charge in [0.15, 0.2) is 0 Å². The molecule has 0 aliphatic carbocycles. The van der Waals surface area contributed by atoms with E-state index in [9.17, 15) is 19.5 Å². The van der Waals surface area contributed by atoms with E-state index in [4.69, 9.17) is 23.2 Å². The summed E-state index contributed by atoms with van der Waals surface area (Å²) in [5, 5.41) is 20.1. The molecule has 11 heteroatoms. The fourth-order valence-corrected chi connectivity index (χ4v) is 3.44. The summed E-state index contributed by atoms with van der Waals surface area (Å²) in [5.74, 6) is -1.37. The van der Waals surface area contributed by atoms with Crippen molar-refractivity contribution in [2.45, 2.75) is 12.6 Å². The average Bonchev–Trinajstić information content (AvgIpc) is 2.81. The Hall–Kier alpha value is -3.82. The summed E-state index contributed by atoms with van der Waals surface area (Å²) in [6.45, 7) is -0.128. The molecule has 0 radical (unpaired) electrons. The summed E-state index contributed by atoms with van der Waals surface area (Å²) >= 11 is 12.0. The van der Waals surface area contributed by atoms with Crippen LogP contribution in [0.3, 0.4) is 0 Å². The van der Waals surface area contributed by atoms with Crippen molar-refractivity contribution >= 4 is 52.6 Å². The number of carboxylic acid groups (broad SMARTS) is 1. The van der Waals surface area contributed by atoms with Gasteiger partial charge in [0.05, 0.1) is 22.2 Å². The molecular formula is C23H21Cl2N5O4. The Morgan fingerprint density at radius 1 is 0.912 bits per heavy atom. The number of nitrogens with zero attached hydrogens (tertiary/aromatic N) is 1. The summed E-state index contributed by atoms with van der Waals surface area (Å²) in [6, 6.07) is 15.4. The number of anilines is 2. The number of aromatic nitrogens is 1. The summed E-state index contributed by atoms with van der Waals surface area (Å²) in [5.41, 5.74) is 1.63. The van der Waals surface area contributed by atoms with Gasteiger partial charge in [-0.3, -0.25) is 4.79 Å². The topological polar surface area (TPSA) is 132 Å². The molecule has 2 aromatic carbocycles. The van der Waals surface area contributed by atoms with Crippen molar-refractivity contribution in [3.63, 3.8) is 0 Å². The van der Waals surface area contributed by atoms with E-state index in [1.807, 2.05) is 42.5 Å². The zero-order chi connectivity index (χ0) is 24.5. The van der Waals surface area contributed by atoms with E-state index >= 15 is 0 Å². The van der Waals surface area contributed by atoms with Gasteiger partial charge in [0.2, 0.25) is 0 Å². The van der Waals surface area contributed by atoms with Crippen LogP contribution in [-0.2, 0) is 11.3 Å². The first-order chi connectivity index (χ1) is 16.3. The van der Waals surface area contributed by atoms with Gasteiger partial charge in [-0.25, -0.2) is 14.6 Å². The fourth-order valence-electron chi connectivity index (χ4n) is 2.88. The molecule has 176 valence electrons. The molecule has 0 unspecified atom stereocenters. The molecule has 3 rings (SSSR count). The van der Waals surface area contributed by atoms with Gasteiger partial charge in [0.25, 0.3) is 5.91 Å². The summed E-state index contributed by atoms with van der Waals surface area (Å²) in [7, 11) is 0. The van der Waals surface area contributed by atoms with Gasteiger partial charge in [-0.1, -0.05) is 47.5 Å². The highest BCUT2D eigenvalue weighted by molar-refractivity contribution is 6.39. The second-order valence-electron chi connectivity index (χ2n) is 7.06. The molecule has 0 saturated heterocycles. The highest BCUT2D eigenvalue weighted by Crippen LogP contribution is 2.24. The predicted molar refractivity (Wildman–Crippen MR) is 130 cm³/mol. The Balaban J connectivity index is 1.48. The monoisotopic (exact) mass is 501 g/mol. The van der Waals surface area contributed by atoms with Gasteiger partial charge in [-0.05, 0) is 42.0 Å². The van der Waals surface area contributed by atoms with Gasteiger partial charge in [-0.15, -0.1) is 0 Å². The summed E-state index contributed by atoms with van der Waals surface area (Å²) < 4.78 is 0. The first kappa shape index (κ1) is 24.8. The number of carboxylic acids is 1. The lowest BCUT2D eigenvalue weighted by Crippen LogP contribution is -2.50. The number of hydrogen-bond acceptors (Lipinski definition) is 5. The molecule has 3 aromatic rings. The predicted octanol–water partition coefficient (Wildman–Crippen LogP) is 3.81. The zero-order valence-corrected chi connectivity index (χ0v) is 19.2. The number of amides is 3. The number of benzene rings is 2.